The minimum absolute atomic E-state index is 0.0707. The van der Waals surface area contributed by atoms with Crippen molar-refractivity contribution < 1.29 is 31.2 Å². The summed E-state index contributed by atoms with van der Waals surface area (Å²) in [6.45, 7) is 3.05. The third-order valence-electron chi connectivity index (χ3n) is 5.30. The highest BCUT2D eigenvalue weighted by Crippen LogP contribution is 2.35. The first-order valence-electron chi connectivity index (χ1n) is 10.3. The summed E-state index contributed by atoms with van der Waals surface area (Å²) in [4.78, 5) is 11.6. The van der Waals surface area contributed by atoms with Crippen LogP contribution < -0.4 is 9.86 Å². The minimum Gasteiger partial charge on any atom is -0.456 e. The molecule has 0 aliphatic rings. The lowest BCUT2D eigenvalue weighted by molar-refractivity contribution is 0.0789. The molecule has 11 heteroatoms. The van der Waals surface area contributed by atoms with Gasteiger partial charge in [-0.2, -0.15) is 0 Å². The molecule has 0 saturated heterocycles. The highest BCUT2D eigenvalue weighted by atomic mass is 32.2. The van der Waals surface area contributed by atoms with Crippen LogP contribution in [0.3, 0.4) is 0 Å². The number of carbonyl (C=O) groups excluding carboxylic acids is 1. The zero-order valence-electron chi connectivity index (χ0n) is 18.7. The maximum absolute atomic E-state index is 12.9. The lowest BCUT2D eigenvalue weighted by Gasteiger charge is -2.22. The van der Waals surface area contributed by atoms with Gasteiger partial charge in [-0.3, -0.25) is 4.79 Å². The summed E-state index contributed by atoms with van der Waals surface area (Å²) in [7, 11) is -8.95. The summed E-state index contributed by atoms with van der Waals surface area (Å²) < 4.78 is 57.1. The number of nitrogens with one attached hydrogen (secondary N) is 1. The normalized spacial score (nSPS) is 12.6. The zero-order chi connectivity index (χ0) is 25.6. The van der Waals surface area contributed by atoms with Gasteiger partial charge in [0.2, 0.25) is 10.0 Å². The van der Waals surface area contributed by atoms with Crippen LogP contribution in [0.25, 0.3) is 22.3 Å². The molecule has 0 fully saturated rings. The second kappa shape index (κ2) is 8.61. The lowest BCUT2D eigenvalue weighted by Crippen LogP contribution is -2.32. The predicted octanol–water partition coefficient (Wildman–Crippen LogP) is 3.09. The number of nitrogens with two attached hydrogens (primary N) is 1. The average molecular weight is 515 g/mol. The first kappa shape index (κ1) is 24.6. The number of carbonyl (C=O) groups is 1. The van der Waals surface area contributed by atoms with Crippen LogP contribution in [0.1, 0.15) is 29.8 Å². The van der Waals surface area contributed by atoms with Crippen LogP contribution in [-0.2, 0) is 25.6 Å². The van der Waals surface area contributed by atoms with E-state index in [9.17, 15) is 26.7 Å². The fourth-order valence-electron chi connectivity index (χ4n) is 3.66. The van der Waals surface area contributed by atoms with Crippen molar-refractivity contribution in [3.63, 3.8) is 0 Å². The van der Waals surface area contributed by atoms with Crippen molar-refractivity contribution in [2.45, 2.75) is 29.2 Å². The quantitative estimate of drug-likeness (QED) is 0.357. The van der Waals surface area contributed by atoms with E-state index in [0.717, 1.165) is 17.5 Å². The molecule has 182 valence electrons. The number of furan rings is 1. The summed E-state index contributed by atoms with van der Waals surface area (Å²) in [5, 5.41) is 16.8. The highest BCUT2D eigenvalue weighted by Gasteiger charge is 2.28. The number of rotatable bonds is 6. The molecule has 0 aliphatic carbocycles. The van der Waals surface area contributed by atoms with E-state index in [4.69, 9.17) is 9.56 Å². The Morgan fingerprint density at radius 2 is 1.54 bits per heavy atom. The third kappa shape index (κ3) is 4.98. The Hall–Kier alpha value is -3.51. The van der Waals surface area contributed by atoms with Crippen molar-refractivity contribution in [1.82, 2.24) is 4.72 Å². The van der Waals surface area contributed by atoms with Crippen molar-refractivity contribution in [2.75, 3.05) is 0 Å². The molecule has 1 amide bonds. The number of benzene rings is 3. The summed E-state index contributed by atoms with van der Waals surface area (Å²) in [6.07, 6.45) is 0. The van der Waals surface area contributed by atoms with Crippen LogP contribution in [0, 0.1) is 0 Å². The maximum atomic E-state index is 12.9. The molecule has 3 aromatic carbocycles. The van der Waals surface area contributed by atoms with Crippen LogP contribution >= 0.6 is 0 Å². The SMILES string of the molecule is CC(C)(O)c1cc(C(=O)NS(=O)(=O)c2ccccc2S(N)(=O)=O)ccc1-c1cc2ccccc2o1. The molecule has 1 aromatic heterocycles. The van der Waals surface area contributed by atoms with Crippen LogP contribution in [0.15, 0.2) is 87.0 Å². The van der Waals surface area contributed by atoms with E-state index in [-0.39, 0.29) is 5.56 Å². The average Bonchev–Trinajstić information content (AvgIpc) is 3.21. The van der Waals surface area contributed by atoms with Gasteiger partial charge in [-0.15, -0.1) is 0 Å². The number of fused-ring (bicyclic) bond motifs is 1. The first-order chi connectivity index (χ1) is 16.3. The first-order valence-corrected chi connectivity index (χ1v) is 13.4. The molecule has 0 atom stereocenters. The number of amides is 1. The fourth-order valence-corrected chi connectivity index (χ4v) is 6.02. The van der Waals surface area contributed by atoms with E-state index < -0.39 is 41.3 Å². The monoisotopic (exact) mass is 514 g/mol. The number of primary sulfonamides is 1. The van der Waals surface area contributed by atoms with E-state index in [0.29, 0.717) is 22.5 Å². The molecular weight excluding hydrogens is 492 g/mol. The van der Waals surface area contributed by atoms with Crippen LogP contribution in [-0.4, -0.2) is 27.8 Å². The van der Waals surface area contributed by atoms with Gasteiger partial charge in [-0.05, 0) is 55.8 Å². The Morgan fingerprint density at radius 3 is 2.17 bits per heavy atom. The molecule has 9 nitrogen and oxygen atoms in total. The summed E-state index contributed by atoms with van der Waals surface area (Å²) in [5.41, 5.74) is 0.00691. The molecular formula is C24H22N2O7S2. The summed E-state index contributed by atoms with van der Waals surface area (Å²) in [6, 6.07) is 18.1. The minimum atomic E-state index is -4.59. The second-order valence-electron chi connectivity index (χ2n) is 8.39. The van der Waals surface area contributed by atoms with E-state index in [1.165, 1.54) is 38.1 Å². The van der Waals surface area contributed by atoms with Crippen LogP contribution in [0.4, 0.5) is 0 Å². The second-order valence-corrected chi connectivity index (χ2v) is 11.6. The van der Waals surface area contributed by atoms with Crippen molar-refractivity contribution in [3.8, 4) is 11.3 Å². The molecule has 0 saturated carbocycles. The van der Waals surface area contributed by atoms with Gasteiger partial charge in [0.05, 0.1) is 5.60 Å². The maximum Gasteiger partial charge on any atom is 0.265 e. The largest absolute Gasteiger partial charge is 0.456 e. The number of sulfonamides is 2. The Labute approximate surface area is 202 Å². The Kier molecular flexibility index (Phi) is 6.05. The van der Waals surface area contributed by atoms with Gasteiger partial charge in [-0.25, -0.2) is 26.7 Å². The molecule has 0 aliphatic heterocycles. The van der Waals surface area contributed by atoms with Gasteiger partial charge < -0.3 is 9.52 Å². The zero-order valence-corrected chi connectivity index (χ0v) is 20.4. The van der Waals surface area contributed by atoms with Gasteiger partial charge in [0.15, 0.2) is 0 Å². The smallest absolute Gasteiger partial charge is 0.265 e. The molecule has 4 rings (SSSR count). The van der Waals surface area contributed by atoms with E-state index in [1.54, 1.807) is 18.2 Å². The van der Waals surface area contributed by atoms with Crippen LogP contribution in [0.2, 0.25) is 0 Å². The Balaban J connectivity index is 1.74. The number of hydrogen-bond acceptors (Lipinski definition) is 7. The number of para-hydroxylation sites is 1. The number of aliphatic hydroxyl groups is 1. The molecule has 1 heterocycles. The third-order valence-corrected chi connectivity index (χ3v) is 7.79. The van der Waals surface area contributed by atoms with Crippen LogP contribution in [0.5, 0.6) is 0 Å². The highest BCUT2D eigenvalue weighted by molar-refractivity contribution is 7.92. The Bertz CT molecular complexity index is 1630. The topological polar surface area (TPSA) is 157 Å². The fraction of sp³-hybridized carbons (Fsp3) is 0.125. The molecule has 0 radical (unpaired) electrons. The van der Waals surface area contributed by atoms with Gasteiger partial charge in [0.1, 0.15) is 21.1 Å². The molecule has 0 unspecified atom stereocenters. The van der Waals surface area contributed by atoms with Gasteiger partial charge >= 0.3 is 0 Å². The lowest BCUT2D eigenvalue weighted by atomic mass is 9.90. The van der Waals surface area contributed by atoms with E-state index in [1.807, 2.05) is 22.9 Å². The molecule has 4 aromatic rings. The van der Waals surface area contributed by atoms with Gasteiger partial charge in [0.25, 0.3) is 15.9 Å². The van der Waals surface area contributed by atoms with Crippen molar-refractivity contribution >= 4 is 36.9 Å². The van der Waals surface area contributed by atoms with Crippen molar-refractivity contribution in [3.05, 3.63) is 83.9 Å². The number of hydrogen-bond donors (Lipinski definition) is 3. The molecule has 0 spiro atoms. The summed E-state index contributed by atoms with van der Waals surface area (Å²) in [5.74, 6) is -0.555. The van der Waals surface area contributed by atoms with Gasteiger partial charge in [-0.1, -0.05) is 36.4 Å². The predicted molar refractivity (Wildman–Crippen MR) is 129 cm³/mol. The Morgan fingerprint density at radius 1 is 0.914 bits per heavy atom. The molecule has 35 heavy (non-hydrogen) atoms. The van der Waals surface area contributed by atoms with Crippen molar-refractivity contribution in [2.24, 2.45) is 5.14 Å². The standard InChI is InChI=1S/C24H22N2O7S2/c1-24(2,28)18-13-16(11-12-17(18)20-14-15-7-3-4-8-19(15)33-20)23(27)26-35(31,32)22-10-6-5-9-21(22)34(25,29)30/h3-14,28H,1-2H3,(H,26,27)(H2,25,29,30). The van der Waals surface area contributed by atoms with E-state index >= 15 is 0 Å². The summed E-state index contributed by atoms with van der Waals surface area (Å²) >= 11 is 0. The molecule has 0 bridgehead atoms. The molecule has 4 N–H and O–H groups in total. The van der Waals surface area contributed by atoms with E-state index in [2.05, 4.69) is 0 Å². The van der Waals surface area contributed by atoms with Crippen molar-refractivity contribution in [1.29, 1.82) is 0 Å². The van der Waals surface area contributed by atoms with Gasteiger partial charge in [0, 0.05) is 16.5 Å².